The fourth-order valence-electron chi connectivity index (χ4n) is 2.71. The molecule has 3 rings (SSSR count). The Hall–Kier alpha value is -3.15. The van der Waals surface area contributed by atoms with Crippen molar-refractivity contribution in [2.24, 2.45) is 5.73 Å². The molecule has 6 heteroatoms. The fraction of sp³-hybridized carbons (Fsp3) is 0.211. The van der Waals surface area contributed by atoms with E-state index in [2.05, 4.69) is 28.7 Å². The molecular formula is C19H20N4O2. The molecule has 0 aliphatic rings. The highest BCUT2D eigenvalue weighted by Gasteiger charge is 2.09. The summed E-state index contributed by atoms with van der Waals surface area (Å²) in [5.41, 5.74) is 9.06. The molecule has 0 fully saturated rings. The highest BCUT2D eigenvalue weighted by atomic mass is 16.2. The van der Waals surface area contributed by atoms with Crippen LogP contribution in [0.5, 0.6) is 0 Å². The van der Waals surface area contributed by atoms with Gasteiger partial charge >= 0.3 is 0 Å². The minimum atomic E-state index is -0.494. The molecule has 128 valence electrons. The third-order valence-corrected chi connectivity index (χ3v) is 4.01. The van der Waals surface area contributed by atoms with Crippen molar-refractivity contribution in [3.05, 3.63) is 59.9 Å². The molecule has 0 aliphatic heterocycles. The van der Waals surface area contributed by atoms with E-state index in [-0.39, 0.29) is 12.3 Å². The lowest BCUT2D eigenvalue weighted by Gasteiger charge is -2.08. The van der Waals surface area contributed by atoms with Crippen molar-refractivity contribution in [2.45, 2.75) is 26.3 Å². The summed E-state index contributed by atoms with van der Waals surface area (Å²) in [7, 11) is 0. The van der Waals surface area contributed by atoms with Gasteiger partial charge in [0.1, 0.15) is 0 Å². The monoisotopic (exact) mass is 336 g/mol. The van der Waals surface area contributed by atoms with E-state index in [1.807, 2.05) is 24.5 Å². The van der Waals surface area contributed by atoms with Gasteiger partial charge < -0.3 is 15.6 Å². The number of primary amides is 1. The molecule has 3 N–H and O–H groups in total. The lowest BCUT2D eigenvalue weighted by molar-refractivity contribution is -0.115. The molecule has 1 aromatic heterocycles. The number of hydrogen-bond donors (Lipinski definition) is 2. The number of nitrogens with one attached hydrogen (secondary N) is 1. The van der Waals surface area contributed by atoms with Gasteiger partial charge in [-0.3, -0.25) is 9.59 Å². The van der Waals surface area contributed by atoms with Gasteiger partial charge in [0, 0.05) is 17.3 Å². The summed E-state index contributed by atoms with van der Waals surface area (Å²) in [5.74, 6) is -0.624. The van der Waals surface area contributed by atoms with Crippen molar-refractivity contribution >= 4 is 28.5 Å². The van der Waals surface area contributed by atoms with Crippen molar-refractivity contribution in [3.8, 4) is 0 Å². The topological polar surface area (TPSA) is 90.0 Å². The van der Waals surface area contributed by atoms with Crippen LogP contribution < -0.4 is 11.1 Å². The van der Waals surface area contributed by atoms with Crippen LogP contribution in [0.25, 0.3) is 11.0 Å². The first kappa shape index (κ1) is 16.7. The predicted octanol–water partition coefficient (Wildman–Crippen LogP) is 2.90. The lowest BCUT2D eigenvalue weighted by atomic mass is 10.1. The molecule has 0 atom stereocenters. The van der Waals surface area contributed by atoms with Crippen LogP contribution in [0, 0.1) is 0 Å². The van der Waals surface area contributed by atoms with Gasteiger partial charge in [0.2, 0.25) is 11.8 Å². The molecule has 0 saturated heterocycles. The smallest absolute Gasteiger partial charge is 0.248 e. The van der Waals surface area contributed by atoms with E-state index < -0.39 is 5.91 Å². The van der Waals surface area contributed by atoms with Crippen LogP contribution in [0.4, 0.5) is 5.69 Å². The first-order valence-electron chi connectivity index (χ1n) is 8.09. The van der Waals surface area contributed by atoms with Gasteiger partial charge in [0.15, 0.2) is 0 Å². The van der Waals surface area contributed by atoms with E-state index in [0.717, 1.165) is 16.6 Å². The molecule has 2 aromatic carbocycles. The molecule has 3 aromatic rings. The maximum Gasteiger partial charge on any atom is 0.248 e. The number of carbonyl (C=O) groups excluding carboxylic acids is 2. The molecule has 1 heterocycles. The van der Waals surface area contributed by atoms with E-state index in [1.54, 1.807) is 24.3 Å². The zero-order chi connectivity index (χ0) is 18.0. The Morgan fingerprint density at radius 3 is 2.52 bits per heavy atom. The van der Waals surface area contributed by atoms with Gasteiger partial charge in [0.05, 0.1) is 23.8 Å². The number of fused-ring (bicyclic) bond motifs is 1. The quantitative estimate of drug-likeness (QED) is 0.750. The summed E-state index contributed by atoms with van der Waals surface area (Å²) in [6, 6.07) is 12.7. The van der Waals surface area contributed by atoms with Crippen LogP contribution in [-0.4, -0.2) is 21.4 Å². The second-order valence-electron chi connectivity index (χ2n) is 6.24. The Bertz CT molecular complexity index is 926. The number of benzene rings is 2. The zero-order valence-electron chi connectivity index (χ0n) is 14.2. The molecule has 0 unspecified atom stereocenters. The first-order valence-corrected chi connectivity index (χ1v) is 8.09. The van der Waals surface area contributed by atoms with Gasteiger partial charge in [-0.25, -0.2) is 4.98 Å². The van der Waals surface area contributed by atoms with E-state index in [9.17, 15) is 9.59 Å². The number of nitrogens with zero attached hydrogens (tertiary/aromatic N) is 2. The Morgan fingerprint density at radius 1 is 1.16 bits per heavy atom. The standard InChI is InChI=1S/C19H20N4O2/c1-12(2)23-11-21-16-9-13(3-8-17(16)23)10-18(24)22-15-6-4-14(5-7-15)19(20)25/h3-9,11-12H,10H2,1-2H3,(H2,20,25)(H,22,24). The highest BCUT2D eigenvalue weighted by molar-refractivity contribution is 5.95. The molecule has 25 heavy (non-hydrogen) atoms. The van der Waals surface area contributed by atoms with E-state index in [1.165, 1.54) is 0 Å². The molecule has 2 amide bonds. The third kappa shape index (κ3) is 3.68. The van der Waals surface area contributed by atoms with Crippen LogP contribution in [-0.2, 0) is 11.2 Å². The maximum atomic E-state index is 12.2. The minimum absolute atomic E-state index is 0.130. The summed E-state index contributed by atoms with van der Waals surface area (Å²) < 4.78 is 2.10. The van der Waals surface area contributed by atoms with Gasteiger partial charge in [-0.2, -0.15) is 0 Å². The summed E-state index contributed by atoms with van der Waals surface area (Å²) in [6.07, 6.45) is 2.07. The first-order chi connectivity index (χ1) is 11.9. The molecule has 0 bridgehead atoms. The van der Waals surface area contributed by atoms with Crippen LogP contribution >= 0.6 is 0 Å². The summed E-state index contributed by atoms with van der Waals surface area (Å²) in [4.78, 5) is 27.7. The van der Waals surface area contributed by atoms with Crippen molar-refractivity contribution < 1.29 is 9.59 Å². The molecule has 6 nitrogen and oxygen atoms in total. The Kier molecular flexibility index (Phi) is 4.52. The molecular weight excluding hydrogens is 316 g/mol. The summed E-state index contributed by atoms with van der Waals surface area (Å²) in [6.45, 7) is 4.21. The SMILES string of the molecule is CC(C)n1cnc2cc(CC(=O)Nc3ccc(C(N)=O)cc3)ccc21. The van der Waals surface area contributed by atoms with Gasteiger partial charge in [0.25, 0.3) is 0 Å². The lowest BCUT2D eigenvalue weighted by Crippen LogP contribution is -2.15. The van der Waals surface area contributed by atoms with E-state index in [0.29, 0.717) is 17.3 Å². The summed E-state index contributed by atoms with van der Waals surface area (Å²) >= 11 is 0. The van der Waals surface area contributed by atoms with Crippen molar-refractivity contribution in [1.29, 1.82) is 0 Å². The zero-order valence-corrected chi connectivity index (χ0v) is 14.2. The average molecular weight is 336 g/mol. The van der Waals surface area contributed by atoms with Gasteiger partial charge in [-0.15, -0.1) is 0 Å². The molecule has 0 radical (unpaired) electrons. The molecule has 0 saturated carbocycles. The number of nitrogens with two attached hydrogens (primary N) is 1. The molecule has 0 aliphatic carbocycles. The van der Waals surface area contributed by atoms with Crippen LogP contribution in [0.3, 0.4) is 0 Å². The van der Waals surface area contributed by atoms with Crippen molar-refractivity contribution in [2.75, 3.05) is 5.32 Å². The Morgan fingerprint density at radius 2 is 1.88 bits per heavy atom. The van der Waals surface area contributed by atoms with Gasteiger partial charge in [-0.1, -0.05) is 6.07 Å². The Labute approximate surface area is 145 Å². The number of hydrogen-bond acceptors (Lipinski definition) is 3. The predicted molar refractivity (Wildman–Crippen MR) is 97.4 cm³/mol. The maximum absolute atomic E-state index is 12.2. The minimum Gasteiger partial charge on any atom is -0.366 e. The van der Waals surface area contributed by atoms with Crippen molar-refractivity contribution in [1.82, 2.24) is 9.55 Å². The number of rotatable bonds is 5. The summed E-state index contributed by atoms with van der Waals surface area (Å²) in [5, 5.41) is 2.81. The van der Waals surface area contributed by atoms with E-state index in [4.69, 9.17) is 5.73 Å². The number of imidazole rings is 1. The van der Waals surface area contributed by atoms with Crippen molar-refractivity contribution in [3.63, 3.8) is 0 Å². The van der Waals surface area contributed by atoms with Crippen LogP contribution in [0.15, 0.2) is 48.8 Å². The molecule has 0 spiro atoms. The Balaban J connectivity index is 1.70. The second-order valence-corrected chi connectivity index (χ2v) is 6.24. The second kappa shape index (κ2) is 6.76. The number of carbonyl (C=O) groups is 2. The average Bonchev–Trinajstić information content (AvgIpc) is 2.98. The number of amides is 2. The number of anilines is 1. The normalized spacial score (nSPS) is 11.0. The van der Waals surface area contributed by atoms with Gasteiger partial charge in [-0.05, 0) is 55.8 Å². The number of aromatic nitrogens is 2. The third-order valence-electron chi connectivity index (χ3n) is 4.01. The largest absolute Gasteiger partial charge is 0.366 e. The fourth-order valence-corrected chi connectivity index (χ4v) is 2.71. The highest BCUT2D eigenvalue weighted by Crippen LogP contribution is 2.19. The van der Waals surface area contributed by atoms with Crippen LogP contribution in [0.2, 0.25) is 0 Å². The van der Waals surface area contributed by atoms with Crippen LogP contribution in [0.1, 0.15) is 35.8 Å². The van der Waals surface area contributed by atoms with E-state index >= 15 is 0 Å².